The van der Waals surface area contributed by atoms with Crippen molar-refractivity contribution in [2.45, 2.75) is 13.3 Å². The van der Waals surface area contributed by atoms with Crippen LogP contribution in [0.25, 0.3) is 22.3 Å². The van der Waals surface area contributed by atoms with Gasteiger partial charge in [-0.15, -0.1) is 0 Å². The summed E-state index contributed by atoms with van der Waals surface area (Å²) in [4.78, 5) is 0. The average molecular weight is 323 g/mol. The lowest BCUT2D eigenvalue weighted by atomic mass is 9.93. The minimum absolute atomic E-state index is 0.250. The third kappa shape index (κ3) is 3.16. The van der Waals surface area contributed by atoms with Crippen LogP contribution in [0.2, 0.25) is 0 Å². The number of nitrogens with one attached hydrogen (secondary N) is 1. The van der Waals surface area contributed by atoms with Crippen LogP contribution in [0.4, 0.5) is 14.5 Å². The summed E-state index contributed by atoms with van der Waals surface area (Å²) in [6, 6.07) is 17.1. The van der Waals surface area contributed by atoms with E-state index in [0.717, 1.165) is 34.4 Å². The number of hydrogen-bond donors (Lipinski definition) is 1. The molecule has 0 aliphatic heterocycles. The lowest BCUT2D eigenvalue weighted by Crippen LogP contribution is -1.99. The second-order valence-electron chi connectivity index (χ2n) is 5.68. The molecule has 3 heteroatoms. The first-order chi connectivity index (χ1) is 11.6. The lowest BCUT2D eigenvalue weighted by molar-refractivity contribution is 0.627. The SMILES string of the molecule is CCc1cc(-c2ccc(F)cc2)cc(-c2ccc(F)cc2)c1NC. The van der Waals surface area contributed by atoms with Gasteiger partial charge in [0.25, 0.3) is 0 Å². The standard InChI is InChI=1S/C21H19F2N/c1-3-14-12-17(15-4-8-18(22)9-5-15)13-20(21(14)24-2)16-6-10-19(23)11-7-16/h4-13,24H,3H2,1-2H3. The molecule has 0 bridgehead atoms. The molecule has 24 heavy (non-hydrogen) atoms. The predicted octanol–water partition coefficient (Wildman–Crippen LogP) is 5.90. The van der Waals surface area contributed by atoms with Gasteiger partial charge in [-0.25, -0.2) is 8.78 Å². The molecule has 0 spiro atoms. The fourth-order valence-electron chi connectivity index (χ4n) is 2.94. The molecule has 0 aromatic heterocycles. The molecule has 0 aliphatic carbocycles. The van der Waals surface area contributed by atoms with Crippen LogP contribution < -0.4 is 5.32 Å². The summed E-state index contributed by atoms with van der Waals surface area (Å²) >= 11 is 0. The molecular formula is C21H19F2N. The lowest BCUT2D eigenvalue weighted by Gasteiger charge is -2.17. The molecule has 0 heterocycles. The van der Waals surface area contributed by atoms with Gasteiger partial charge in [0.1, 0.15) is 11.6 Å². The van der Waals surface area contributed by atoms with Crippen LogP contribution in [0.5, 0.6) is 0 Å². The van der Waals surface area contributed by atoms with E-state index in [2.05, 4.69) is 24.4 Å². The summed E-state index contributed by atoms with van der Waals surface area (Å²) in [5.74, 6) is -0.504. The first-order valence-electron chi connectivity index (χ1n) is 7.99. The maximum Gasteiger partial charge on any atom is 0.123 e. The summed E-state index contributed by atoms with van der Waals surface area (Å²) < 4.78 is 26.5. The molecule has 0 amide bonds. The van der Waals surface area contributed by atoms with Gasteiger partial charge < -0.3 is 5.32 Å². The molecule has 122 valence electrons. The topological polar surface area (TPSA) is 12.0 Å². The zero-order valence-corrected chi connectivity index (χ0v) is 13.7. The van der Waals surface area contributed by atoms with Gasteiger partial charge in [0.15, 0.2) is 0 Å². The third-order valence-electron chi connectivity index (χ3n) is 4.18. The molecule has 1 nitrogen and oxygen atoms in total. The van der Waals surface area contributed by atoms with Gasteiger partial charge in [-0.2, -0.15) is 0 Å². The van der Waals surface area contributed by atoms with Crippen LogP contribution in [0, 0.1) is 11.6 Å². The highest BCUT2D eigenvalue weighted by Gasteiger charge is 2.12. The van der Waals surface area contributed by atoms with Crippen molar-refractivity contribution in [2.75, 3.05) is 12.4 Å². The van der Waals surface area contributed by atoms with Crippen molar-refractivity contribution in [1.29, 1.82) is 0 Å². The molecular weight excluding hydrogens is 304 g/mol. The number of anilines is 1. The molecule has 1 N–H and O–H groups in total. The van der Waals surface area contributed by atoms with Crippen LogP contribution in [-0.4, -0.2) is 7.05 Å². The van der Waals surface area contributed by atoms with Gasteiger partial charge in [-0.05, 0) is 65.1 Å². The number of hydrogen-bond acceptors (Lipinski definition) is 1. The molecule has 0 saturated carbocycles. The van der Waals surface area contributed by atoms with E-state index >= 15 is 0 Å². The summed E-state index contributed by atoms with van der Waals surface area (Å²) in [6.45, 7) is 2.10. The van der Waals surface area contributed by atoms with Crippen molar-refractivity contribution in [1.82, 2.24) is 0 Å². The van der Waals surface area contributed by atoms with Gasteiger partial charge in [-0.3, -0.25) is 0 Å². The van der Waals surface area contributed by atoms with E-state index in [0.29, 0.717) is 0 Å². The Labute approximate surface area is 141 Å². The van der Waals surface area contributed by atoms with E-state index in [9.17, 15) is 8.78 Å². The van der Waals surface area contributed by atoms with Gasteiger partial charge in [-0.1, -0.05) is 31.2 Å². The van der Waals surface area contributed by atoms with Crippen LogP contribution in [0.3, 0.4) is 0 Å². The second kappa shape index (κ2) is 6.83. The second-order valence-corrected chi connectivity index (χ2v) is 5.68. The molecule has 0 radical (unpaired) electrons. The monoisotopic (exact) mass is 323 g/mol. The molecule has 0 atom stereocenters. The highest BCUT2D eigenvalue weighted by molar-refractivity contribution is 5.85. The number of halogens is 2. The van der Waals surface area contributed by atoms with E-state index in [1.165, 1.54) is 29.8 Å². The fourth-order valence-corrected chi connectivity index (χ4v) is 2.94. The number of rotatable bonds is 4. The van der Waals surface area contributed by atoms with E-state index < -0.39 is 0 Å². The first-order valence-corrected chi connectivity index (χ1v) is 7.99. The first kappa shape index (κ1) is 16.2. The minimum atomic E-state index is -0.254. The Balaban J connectivity index is 2.20. The summed E-state index contributed by atoms with van der Waals surface area (Å²) in [5.41, 5.74) is 6.13. The van der Waals surface area contributed by atoms with E-state index in [1.54, 1.807) is 24.3 Å². The smallest absolute Gasteiger partial charge is 0.123 e. The Kier molecular flexibility index (Phi) is 4.61. The highest BCUT2D eigenvalue weighted by Crippen LogP contribution is 2.36. The molecule has 3 aromatic carbocycles. The Bertz CT molecular complexity index is 837. The van der Waals surface area contributed by atoms with Crippen LogP contribution in [0.15, 0.2) is 60.7 Å². The van der Waals surface area contributed by atoms with Gasteiger partial charge >= 0.3 is 0 Å². The van der Waals surface area contributed by atoms with Crippen LogP contribution >= 0.6 is 0 Å². The minimum Gasteiger partial charge on any atom is -0.387 e. The quantitative estimate of drug-likeness (QED) is 0.630. The molecule has 0 saturated heterocycles. The average Bonchev–Trinajstić information content (AvgIpc) is 2.62. The zero-order chi connectivity index (χ0) is 17.1. The Morgan fingerprint density at radius 1 is 0.750 bits per heavy atom. The maximum absolute atomic E-state index is 13.3. The van der Waals surface area contributed by atoms with Crippen molar-refractivity contribution in [2.24, 2.45) is 0 Å². The summed E-state index contributed by atoms with van der Waals surface area (Å²) in [5, 5.41) is 3.26. The van der Waals surface area contributed by atoms with Crippen molar-refractivity contribution >= 4 is 5.69 Å². The van der Waals surface area contributed by atoms with Crippen LogP contribution in [0.1, 0.15) is 12.5 Å². The normalized spacial score (nSPS) is 10.7. The maximum atomic E-state index is 13.3. The molecule has 0 aliphatic rings. The molecule has 0 fully saturated rings. The van der Waals surface area contributed by atoms with E-state index in [-0.39, 0.29) is 11.6 Å². The van der Waals surface area contributed by atoms with Crippen molar-refractivity contribution in [3.8, 4) is 22.3 Å². The Hall–Kier alpha value is -2.68. The Morgan fingerprint density at radius 3 is 1.79 bits per heavy atom. The van der Waals surface area contributed by atoms with Crippen LogP contribution in [-0.2, 0) is 6.42 Å². The molecule has 0 unspecified atom stereocenters. The van der Waals surface area contributed by atoms with Gasteiger partial charge in [0, 0.05) is 18.3 Å². The molecule has 3 rings (SSSR count). The van der Waals surface area contributed by atoms with Gasteiger partial charge in [0.05, 0.1) is 0 Å². The largest absolute Gasteiger partial charge is 0.387 e. The van der Waals surface area contributed by atoms with Gasteiger partial charge in [0.2, 0.25) is 0 Å². The molecule has 3 aromatic rings. The van der Waals surface area contributed by atoms with E-state index in [4.69, 9.17) is 0 Å². The van der Waals surface area contributed by atoms with Crippen molar-refractivity contribution in [3.63, 3.8) is 0 Å². The number of benzene rings is 3. The zero-order valence-electron chi connectivity index (χ0n) is 13.7. The summed E-state index contributed by atoms with van der Waals surface area (Å²) in [6.07, 6.45) is 0.861. The highest BCUT2D eigenvalue weighted by atomic mass is 19.1. The fraction of sp³-hybridized carbons (Fsp3) is 0.143. The van der Waals surface area contributed by atoms with Crippen molar-refractivity contribution < 1.29 is 8.78 Å². The predicted molar refractivity (Wildman–Crippen MR) is 96.2 cm³/mol. The van der Waals surface area contributed by atoms with Crippen molar-refractivity contribution in [3.05, 3.63) is 77.9 Å². The Morgan fingerprint density at radius 2 is 1.29 bits per heavy atom. The third-order valence-corrected chi connectivity index (χ3v) is 4.18. The number of aryl methyl sites for hydroxylation is 1. The van der Waals surface area contributed by atoms with E-state index in [1.807, 2.05) is 7.05 Å². The summed E-state index contributed by atoms with van der Waals surface area (Å²) in [7, 11) is 1.89.